The molecule has 3 amide bonds. The van der Waals surface area contributed by atoms with Crippen LogP contribution < -0.4 is 16.0 Å². The monoisotopic (exact) mass is 613 g/mol. The second kappa shape index (κ2) is 15.9. The minimum Gasteiger partial charge on any atom is -0.350 e. The molecule has 2 aliphatic rings. The zero-order valence-corrected chi connectivity index (χ0v) is 27.0. The van der Waals surface area contributed by atoms with E-state index in [4.69, 9.17) is 4.98 Å². The van der Waals surface area contributed by atoms with Gasteiger partial charge in [0.05, 0.1) is 15.2 Å². The third-order valence-corrected chi connectivity index (χ3v) is 10.2. The highest BCUT2D eigenvalue weighted by atomic mass is 32.2. The van der Waals surface area contributed by atoms with Crippen molar-refractivity contribution in [3.05, 3.63) is 40.9 Å². The van der Waals surface area contributed by atoms with Crippen LogP contribution in [0.25, 0.3) is 10.2 Å². The quantitative estimate of drug-likeness (QED) is 0.268. The number of carbonyl (C=O) groups is 3. The van der Waals surface area contributed by atoms with Gasteiger partial charge in [-0.1, -0.05) is 46.3 Å². The van der Waals surface area contributed by atoms with E-state index in [1.54, 1.807) is 11.3 Å². The predicted molar refractivity (Wildman–Crippen MR) is 174 cm³/mol. The molecule has 4 rings (SSSR count). The molecule has 10 heteroatoms. The van der Waals surface area contributed by atoms with Crippen molar-refractivity contribution < 1.29 is 14.4 Å². The summed E-state index contributed by atoms with van der Waals surface area (Å²) in [5.74, 6) is 2.34. The molecule has 1 aliphatic heterocycles. The number of thioether (sulfide) groups is 1. The van der Waals surface area contributed by atoms with E-state index in [-0.39, 0.29) is 29.7 Å². The number of hydrogen-bond acceptors (Lipinski definition) is 7. The number of thiazole rings is 1. The average Bonchev–Trinajstić information content (AvgIpc) is 3.65. The number of amides is 3. The summed E-state index contributed by atoms with van der Waals surface area (Å²) in [6.07, 6.45) is 5.65. The highest BCUT2D eigenvalue weighted by Crippen LogP contribution is 2.29. The molecule has 1 aromatic carbocycles. The standard InChI is InChI=1S/C32H47N5O3S2/c1-5-8-29(38)34-26(18-30-35-25-12-11-24(21(2)3)17-28(25)42-30)32(40)36-27(23-9-6-7-10-23)19-33-31(39)22(4)20-37-13-15-41-16-14-37/h11-12,17,21,23,26-27H,4-10,13-16,18-20H2,1-3H3,(H,33,39)(H,34,38)(H,36,40)/t26-,27+/m0/s1. The van der Waals surface area contributed by atoms with Gasteiger partial charge in [-0.3, -0.25) is 19.3 Å². The predicted octanol–water partition coefficient (Wildman–Crippen LogP) is 4.64. The molecule has 0 spiro atoms. The Morgan fingerprint density at radius 1 is 1.12 bits per heavy atom. The highest BCUT2D eigenvalue weighted by Gasteiger charge is 2.31. The van der Waals surface area contributed by atoms with Gasteiger partial charge in [0.1, 0.15) is 6.04 Å². The largest absolute Gasteiger partial charge is 0.350 e. The summed E-state index contributed by atoms with van der Waals surface area (Å²) < 4.78 is 1.09. The van der Waals surface area contributed by atoms with E-state index in [0.717, 1.165) is 65.5 Å². The first-order chi connectivity index (χ1) is 20.2. The van der Waals surface area contributed by atoms with E-state index in [1.165, 1.54) is 5.56 Å². The maximum Gasteiger partial charge on any atom is 0.247 e. The number of nitrogens with one attached hydrogen (secondary N) is 3. The van der Waals surface area contributed by atoms with Crippen LogP contribution in [-0.4, -0.2) is 77.4 Å². The minimum atomic E-state index is -0.735. The van der Waals surface area contributed by atoms with Crippen LogP contribution in [0, 0.1) is 5.92 Å². The van der Waals surface area contributed by atoms with Gasteiger partial charge in [-0.25, -0.2) is 4.98 Å². The van der Waals surface area contributed by atoms with Gasteiger partial charge in [-0.2, -0.15) is 11.8 Å². The Morgan fingerprint density at radius 2 is 1.86 bits per heavy atom. The fraction of sp³-hybridized carbons (Fsp3) is 0.625. The lowest BCUT2D eigenvalue weighted by Gasteiger charge is -2.29. The molecule has 8 nitrogen and oxygen atoms in total. The van der Waals surface area contributed by atoms with Crippen LogP contribution in [-0.2, 0) is 20.8 Å². The molecule has 1 saturated carbocycles. The molecule has 2 atom stereocenters. The fourth-order valence-electron chi connectivity index (χ4n) is 5.72. The topological polar surface area (TPSA) is 103 Å². The van der Waals surface area contributed by atoms with Crippen molar-refractivity contribution >= 4 is 51.0 Å². The first kappa shape index (κ1) is 32.5. The summed E-state index contributed by atoms with van der Waals surface area (Å²) >= 11 is 3.51. The summed E-state index contributed by atoms with van der Waals surface area (Å²) in [4.78, 5) is 46.4. The van der Waals surface area contributed by atoms with Gasteiger partial charge in [0.15, 0.2) is 0 Å². The Hall–Kier alpha value is -2.43. The van der Waals surface area contributed by atoms with E-state index in [0.29, 0.717) is 43.8 Å². The van der Waals surface area contributed by atoms with Crippen LogP contribution in [0.5, 0.6) is 0 Å². The van der Waals surface area contributed by atoms with Crippen LogP contribution in [0.3, 0.4) is 0 Å². The van der Waals surface area contributed by atoms with Gasteiger partial charge >= 0.3 is 0 Å². The molecular weight excluding hydrogens is 567 g/mol. The van der Waals surface area contributed by atoms with Gasteiger partial charge in [0, 0.05) is 62.1 Å². The number of hydrogen-bond donors (Lipinski definition) is 3. The van der Waals surface area contributed by atoms with Crippen molar-refractivity contribution in [3.63, 3.8) is 0 Å². The zero-order chi connectivity index (χ0) is 30.1. The maximum absolute atomic E-state index is 13.8. The van der Waals surface area contributed by atoms with Crippen LogP contribution in [0.1, 0.15) is 75.8 Å². The van der Waals surface area contributed by atoms with Crippen molar-refractivity contribution in [2.24, 2.45) is 5.92 Å². The second-order valence-corrected chi connectivity index (χ2v) is 14.3. The molecule has 1 aromatic heterocycles. The molecule has 3 N–H and O–H groups in total. The van der Waals surface area contributed by atoms with E-state index >= 15 is 0 Å². The van der Waals surface area contributed by atoms with E-state index in [2.05, 4.69) is 53.4 Å². The molecule has 2 fully saturated rings. The lowest BCUT2D eigenvalue weighted by molar-refractivity contribution is -0.129. The lowest BCUT2D eigenvalue weighted by atomic mass is 9.97. The Kier molecular flexibility index (Phi) is 12.3. The van der Waals surface area contributed by atoms with E-state index < -0.39 is 6.04 Å². The van der Waals surface area contributed by atoms with Crippen molar-refractivity contribution in [3.8, 4) is 0 Å². The average molecular weight is 614 g/mol. The van der Waals surface area contributed by atoms with Gasteiger partial charge in [0.25, 0.3) is 0 Å². The molecule has 2 aromatic rings. The van der Waals surface area contributed by atoms with Gasteiger partial charge in [-0.15, -0.1) is 11.3 Å². The van der Waals surface area contributed by atoms with Gasteiger partial charge < -0.3 is 16.0 Å². The molecule has 1 saturated heterocycles. The van der Waals surface area contributed by atoms with Crippen molar-refractivity contribution in [1.29, 1.82) is 0 Å². The Labute approximate surface area is 258 Å². The number of benzene rings is 1. The second-order valence-electron chi connectivity index (χ2n) is 11.9. The number of fused-ring (bicyclic) bond motifs is 1. The smallest absolute Gasteiger partial charge is 0.247 e. The first-order valence-corrected chi connectivity index (χ1v) is 17.5. The summed E-state index contributed by atoms with van der Waals surface area (Å²) in [6.45, 7) is 13.2. The van der Waals surface area contributed by atoms with Crippen LogP contribution in [0.2, 0.25) is 0 Å². The maximum atomic E-state index is 13.8. The number of aromatic nitrogens is 1. The zero-order valence-electron chi connectivity index (χ0n) is 25.4. The Balaban J connectivity index is 1.43. The summed E-state index contributed by atoms with van der Waals surface area (Å²) in [5, 5.41) is 10.1. The van der Waals surface area contributed by atoms with Gasteiger partial charge in [0.2, 0.25) is 17.7 Å². The molecule has 0 bridgehead atoms. The van der Waals surface area contributed by atoms with Crippen molar-refractivity contribution in [2.45, 2.75) is 83.7 Å². The minimum absolute atomic E-state index is 0.140. The number of nitrogens with zero attached hydrogens (tertiary/aromatic N) is 2. The molecule has 0 unspecified atom stereocenters. The Bertz CT molecular complexity index is 1230. The number of rotatable bonds is 14. The first-order valence-electron chi connectivity index (χ1n) is 15.5. The fourth-order valence-corrected chi connectivity index (χ4v) is 7.76. The molecule has 0 radical (unpaired) electrons. The third-order valence-electron chi connectivity index (χ3n) is 8.25. The number of carbonyl (C=O) groups excluding carboxylic acids is 3. The van der Waals surface area contributed by atoms with Crippen LogP contribution in [0.15, 0.2) is 30.4 Å². The van der Waals surface area contributed by atoms with Crippen molar-refractivity contribution in [2.75, 3.05) is 37.7 Å². The lowest BCUT2D eigenvalue weighted by Crippen LogP contribution is -2.55. The summed E-state index contributed by atoms with van der Waals surface area (Å²) in [7, 11) is 0. The highest BCUT2D eigenvalue weighted by molar-refractivity contribution is 7.99. The van der Waals surface area contributed by atoms with Crippen molar-refractivity contribution in [1.82, 2.24) is 25.8 Å². The van der Waals surface area contributed by atoms with E-state index in [9.17, 15) is 14.4 Å². The molecular formula is C32H47N5O3S2. The van der Waals surface area contributed by atoms with Gasteiger partial charge in [-0.05, 0) is 48.8 Å². The molecule has 42 heavy (non-hydrogen) atoms. The van der Waals surface area contributed by atoms with E-state index in [1.807, 2.05) is 24.8 Å². The summed E-state index contributed by atoms with van der Waals surface area (Å²) in [5.41, 5.74) is 2.72. The summed E-state index contributed by atoms with van der Waals surface area (Å²) in [6, 6.07) is 5.36. The molecule has 1 aliphatic carbocycles. The van der Waals surface area contributed by atoms with Crippen LogP contribution in [0.4, 0.5) is 0 Å². The molecule has 230 valence electrons. The SMILES string of the molecule is C=C(CN1CCSCC1)C(=O)NC[C@@H](NC(=O)[C@H](Cc1nc2ccc(C(C)C)cc2s1)NC(=O)CCC)C1CCCC1. The third kappa shape index (κ3) is 9.28. The molecule has 2 heterocycles. The Morgan fingerprint density at radius 3 is 2.55 bits per heavy atom. The normalized spacial score (nSPS) is 17.7. The van der Waals surface area contributed by atoms with Crippen LogP contribution >= 0.6 is 23.1 Å².